The zero-order valence-electron chi connectivity index (χ0n) is 10.6. The van der Waals surface area contributed by atoms with Gasteiger partial charge in [-0.3, -0.25) is 4.79 Å². The van der Waals surface area contributed by atoms with Gasteiger partial charge < -0.3 is 9.84 Å². The van der Waals surface area contributed by atoms with Crippen LogP contribution in [0.5, 0.6) is 5.75 Å². The molecular formula is C14H17BrO3. The van der Waals surface area contributed by atoms with Crippen molar-refractivity contribution in [3.8, 4) is 5.75 Å². The molecule has 18 heavy (non-hydrogen) atoms. The molecule has 0 aromatic heterocycles. The molecule has 1 atom stereocenters. The lowest BCUT2D eigenvalue weighted by atomic mass is 9.90. The fraction of sp³-hybridized carbons (Fsp3) is 0.500. The number of methoxy groups -OCH3 is 1. The van der Waals surface area contributed by atoms with Gasteiger partial charge in [-0.1, -0.05) is 12.1 Å². The van der Waals surface area contributed by atoms with Crippen LogP contribution in [-0.2, 0) is 4.79 Å². The third-order valence-electron chi connectivity index (χ3n) is 3.51. The fourth-order valence-electron chi connectivity index (χ4n) is 2.42. The number of halogens is 1. The minimum atomic E-state index is -0.738. The quantitative estimate of drug-likeness (QED) is 0.901. The van der Waals surface area contributed by atoms with Crippen molar-refractivity contribution in [1.82, 2.24) is 0 Å². The number of aryl methyl sites for hydroxylation is 1. The molecule has 0 radical (unpaired) electrons. The molecule has 0 bridgehead atoms. The van der Waals surface area contributed by atoms with Crippen LogP contribution < -0.4 is 4.74 Å². The summed E-state index contributed by atoms with van der Waals surface area (Å²) in [6, 6.07) is 4.02. The first-order chi connectivity index (χ1) is 8.54. The topological polar surface area (TPSA) is 46.5 Å². The molecule has 98 valence electrons. The summed E-state index contributed by atoms with van der Waals surface area (Å²) in [6.45, 7) is 1.98. The highest BCUT2D eigenvalue weighted by Crippen LogP contribution is 2.48. The van der Waals surface area contributed by atoms with Gasteiger partial charge in [0.1, 0.15) is 5.75 Å². The Morgan fingerprint density at radius 2 is 2.22 bits per heavy atom. The summed E-state index contributed by atoms with van der Waals surface area (Å²) >= 11 is 3.56. The second kappa shape index (κ2) is 5.31. The number of ether oxygens (including phenoxy) is 1. The van der Waals surface area contributed by atoms with Crippen molar-refractivity contribution in [3.63, 3.8) is 0 Å². The molecule has 0 amide bonds. The number of hydrogen-bond acceptors (Lipinski definition) is 2. The second-order valence-electron chi connectivity index (χ2n) is 4.86. The largest absolute Gasteiger partial charge is 0.495 e. The van der Waals surface area contributed by atoms with Crippen LogP contribution in [-0.4, -0.2) is 18.2 Å². The third-order valence-corrected chi connectivity index (χ3v) is 4.33. The van der Waals surface area contributed by atoms with Crippen LogP contribution in [0.2, 0.25) is 0 Å². The van der Waals surface area contributed by atoms with Crippen LogP contribution in [0.15, 0.2) is 16.6 Å². The molecule has 1 aliphatic rings. The Labute approximate surface area is 115 Å². The first-order valence-corrected chi connectivity index (χ1v) is 6.88. The molecule has 3 nitrogen and oxygen atoms in total. The number of hydrogen-bond donors (Lipinski definition) is 1. The predicted octanol–water partition coefficient (Wildman–Crippen LogP) is 3.73. The maximum atomic E-state index is 11.0. The highest BCUT2D eigenvalue weighted by molar-refractivity contribution is 9.10. The number of carboxylic acid groups (broad SMARTS) is 1. The summed E-state index contributed by atoms with van der Waals surface area (Å²) in [5.41, 5.74) is 2.11. The number of carbonyl (C=O) groups is 1. The van der Waals surface area contributed by atoms with Crippen molar-refractivity contribution in [3.05, 3.63) is 27.7 Å². The van der Waals surface area contributed by atoms with Crippen LogP contribution in [0.3, 0.4) is 0 Å². The van der Waals surface area contributed by atoms with Gasteiger partial charge in [0, 0.05) is 0 Å². The Kier molecular flexibility index (Phi) is 3.95. The van der Waals surface area contributed by atoms with Gasteiger partial charge in [0.25, 0.3) is 0 Å². The molecule has 4 heteroatoms. The summed E-state index contributed by atoms with van der Waals surface area (Å²) < 4.78 is 6.28. The highest BCUT2D eigenvalue weighted by Gasteiger charge is 2.35. The Morgan fingerprint density at radius 3 is 2.72 bits per heavy atom. The summed E-state index contributed by atoms with van der Waals surface area (Å²) in [6.07, 6.45) is 2.44. The summed E-state index contributed by atoms with van der Waals surface area (Å²) in [4.78, 5) is 11.0. The van der Waals surface area contributed by atoms with E-state index < -0.39 is 5.97 Å². The van der Waals surface area contributed by atoms with E-state index >= 15 is 0 Å². The molecule has 1 aliphatic carbocycles. The number of carboxylic acids is 1. The van der Waals surface area contributed by atoms with Crippen molar-refractivity contribution >= 4 is 21.9 Å². The Balaban J connectivity index is 2.38. The van der Waals surface area contributed by atoms with Crippen molar-refractivity contribution in [1.29, 1.82) is 0 Å². The van der Waals surface area contributed by atoms with Gasteiger partial charge in [0.05, 0.1) is 18.0 Å². The predicted molar refractivity (Wildman–Crippen MR) is 73.1 cm³/mol. The molecule has 2 rings (SSSR count). The maximum absolute atomic E-state index is 11.0. The summed E-state index contributed by atoms with van der Waals surface area (Å²) in [5.74, 6) is 0.665. The molecule has 0 spiro atoms. The molecule has 0 heterocycles. The summed E-state index contributed by atoms with van der Waals surface area (Å²) in [7, 11) is 1.64. The monoisotopic (exact) mass is 312 g/mol. The molecule has 1 saturated carbocycles. The van der Waals surface area contributed by atoms with Gasteiger partial charge in [-0.05, 0) is 58.7 Å². The Morgan fingerprint density at radius 1 is 1.56 bits per heavy atom. The van der Waals surface area contributed by atoms with E-state index in [1.165, 1.54) is 0 Å². The van der Waals surface area contributed by atoms with Crippen molar-refractivity contribution in [2.24, 2.45) is 5.92 Å². The zero-order valence-corrected chi connectivity index (χ0v) is 12.2. The van der Waals surface area contributed by atoms with Crippen molar-refractivity contribution in [2.75, 3.05) is 7.11 Å². The SMILES string of the molecule is COc1c(C)ccc(C(CC(=O)O)C2CC2)c1Br. The van der Waals surface area contributed by atoms with E-state index in [2.05, 4.69) is 15.9 Å². The molecule has 1 unspecified atom stereocenters. The first-order valence-electron chi connectivity index (χ1n) is 6.09. The van der Waals surface area contributed by atoms with Gasteiger partial charge >= 0.3 is 5.97 Å². The first kappa shape index (κ1) is 13.4. The number of aliphatic carboxylic acids is 1. The van der Waals surface area contributed by atoms with E-state index in [4.69, 9.17) is 9.84 Å². The molecule has 0 saturated heterocycles. The molecule has 0 aliphatic heterocycles. The minimum Gasteiger partial charge on any atom is -0.495 e. The van der Waals surface area contributed by atoms with E-state index in [9.17, 15) is 4.79 Å². The van der Waals surface area contributed by atoms with Gasteiger partial charge in [-0.25, -0.2) is 0 Å². The van der Waals surface area contributed by atoms with Crippen LogP contribution in [0.25, 0.3) is 0 Å². The highest BCUT2D eigenvalue weighted by atomic mass is 79.9. The lowest BCUT2D eigenvalue weighted by molar-refractivity contribution is -0.137. The average Bonchev–Trinajstić information content (AvgIpc) is 3.11. The van der Waals surface area contributed by atoms with Crippen LogP contribution >= 0.6 is 15.9 Å². The van der Waals surface area contributed by atoms with Crippen LogP contribution in [0.4, 0.5) is 0 Å². The van der Waals surface area contributed by atoms with Gasteiger partial charge in [0.15, 0.2) is 0 Å². The average molecular weight is 313 g/mol. The van der Waals surface area contributed by atoms with E-state index in [-0.39, 0.29) is 12.3 Å². The normalized spacial score (nSPS) is 16.4. The molecular weight excluding hydrogens is 296 g/mol. The van der Waals surface area contributed by atoms with Crippen molar-refractivity contribution < 1.29 is 14.6 Å². The van der Waals surface area contributed by atoms with Gasteiger partial charge in [-0.15, -0.1) is 0 Å². The molecule has 1 N–H and O–H groups in total. The van der Waals surface area contributed by atoms with Crippen molar-refractivity contribution in [2.45, 2.75) is 32.1 Å². The number of benzene rings is 1. The van der Waals surface area contributed by atoms with Gasteiger partial charge in [-0.2, -0.15) is 0 Å². The number of rotatable bonds is 5. The van der Waals surface area contributed by atoms with Crippen LogP contribution in [0.1, 0.15) is 36.3 Å². The minimum absolute atomic E-state index is 0.0892. The summed E-state index contributed by atoms with van der Waals surface area (Å²) in [5, 5.41) is 9.05. The Bertz CT molecular complexity index is 466. The zero-order chi connectivity index (χ0) is 13.3. The Hall–Kier alpha value is -1.03. The van der Waals surface area contributed by atoms with E-state index in [1.54, 1.807) is 7.11 Å². The fourth-order valence-corrected chi connectivity index (χ4v) is 3.32. The van der Waals surface area contributed by atoms with Gasteiger partial charge in [0.2, 0.25) is 0 Å². The van der Waals surface area contributed by atoms with Crippen LogP contribution in [0, 0.1) is 12.8 Å². The van der Waals surface area contributed by atoms with E-state index in [1.807, 2.05) is 19.1 Å². The molecule has 1 aromatic rings. The molecule has 1 aromatic carbocycles. The van der Waals surface area contributed by atoms with E-state index in [0.29, 0.717) is 5.92 Å². The lowest BCUT2D eigenvalue weighted by Crippen LogP contribution is -2.09. The smallest absolute Gasteiger partial charge is 0.303 e. The maximum Gasteiger partial charge on any atom is 0.303 e. The second-order valence-corrected chi connectivity index (χ2v) is 5.65. The standard InChI is InChI=1S/C14H17BrO3/c1-8-3-6-10(13(15)14(8)18-2)11(7-12(16)17)9-4-5-9/h3,6,9,11H,4-5,7H2,1-2H3,(H,16,17). The third kappa shape index (κ3) is 2.69. The van der Waals surface area contributed by atoms with E-state index in [0.717, 1.165) is 34.2 Å². The lowest BCUT2D eigenvalue weighted by Gasteiger charge is -2.19. The molecule has 1 fully saturated rings.